The first-order chi connectivity index (χ1) is 5.09. The van der Waals surface area contributed by atoms with Crippen molar-refractivity contribution < 1.29 is 9.59 Å². The van der Waals surface area contributed by atoms with Crippen molar-refractivity contribution in [3.05, 3.63) is 0 Å². The van der Waals surface area contributed by atoms with E-state index in [1.54, 1.807) is 0 Å². The molecule has 1 N–H and O–H groups in total. The van der Waals surface area contributed by atoms with Crippen molar-refractivity contribution in [2.75, 3.05) is 20.6 Å². The van der Waals surface area contributed by atoms with Gasteiger partial charge in [-0.05, 0) is 14.1 Å². The van der Waals surface area contributed by atoms with E-state index in [-0.39, 0.29) is 17.7 Å². The van der Waals surface area contributed by atoms with Gasteiger partial charge >= 0.3 is 0 Å². The van der Waals surface area contributed by atoms with Crippen LogP contribution in [0.25, 0.3) is 0 Å². The van der Waals surface area contributed by atoms with Crippen molar-refractivity contribution in [1.29, 1.82) is 0 Å². The summed E-state index contributed by atoms with van der Waals surface area (Å²) >= 11 is 0. The van der Waals surface area contributed by atoms with Gasteiger partial charge in [-0.15, -0.1) is 0 Å². The van der Waals surface area contributed by atoms with Gasteiger partial charge in [-0.25, -0.2) is 0 Å². The van der Waals surface area contributed by atoms with Gasteiger partial charge in [0, 0.05) is 13.0 Å². The van der Waals surface area contributed by atoms with Gasteiger partial charge in [-0.3, -0.25) is 14.9 Å². The van der Waals surface area contributed by atoms with Crippen LogP contribution in [0.4, 0.5) is 0 Å². The predicted octanol–water partition coefficient (Wildman–Crippen LogP) is -0.789. The van der Waals surface area contributed by atoms with Gasteiger partial charge in [0.25, 0.3) is 0 Å². The summed E-state index contributed by atoms with van der Waals surface area (Å²) < 4.78 is 0. The highest BCUT2D eigenvalue weighted by molar-refractivity contribution is 6.03. The molecule has 0 aromatic rings. The van der Waals surface area contributed by atoms with E-state index in [4.69, 9.17) is 0 Å². The molecule has 0 aliphatic carbocycles. The van der Waals surface area contributed by atoms with Crippen LogP contribution in [0.1, 0.15) is 6.42 Å². The summed E-state index contributed by atoms with van der Waals surface area (Å²) in [6.07, 6.45) is 0.344. The number of hydrogen-bond acceptors (Lipinski definition) is 3. The zero-order chi connectivity index (χ0) is 8.43. The molecule has 0 radical (unpaired) electrons. The number of amides is 2. The Morgan fingerprint density at radius 3 is 2.55 bits per heavy atom. The zero-order valence-corrected chi connectivity index (χ0v) is 6.76. The molecule has 4 nitrogen and oxygen atoms in total. The Morgan fingerprint density at radius 2 is 2.18 bits per heavy atom. The maximum Gasteiger partial charge on any atom is 0.231 e. The fourth-order valence-electron chi connectivity index (χ4n) is 1.20. The van der Waals surface area contributed by atoms with E-state index in [2.05, 4.69) is 5.32 Å². The van der Waals surface area contributed by atoms with Crippen molar-refractivity contribution in [2.45, 2.75) is 6.42 Å². The lowest BCUT2D eigenvalue weighted by atomic mass is 10.1. The van der Waals surface area contributed by atoms with Gasteiger partial charge in [0.2, 0.25) is 11.8 Å². The molecule has 1 aliphatic heterocycles. The molecule has 62 valence electrons. The Hall–Kier alpha value is -0.900. The fourth-order valence-corrected chi connectivity index (χ4v) is 1.20. The molecule has 0 aromatic heterocycles. The molecule has 11 heavy (non-hydrogen) atoms. The van der Waals surface area contributed by atoms with Crippen LogP contribution in [0, 0.1) is 5.92 Å². The van der Waals surface area contributed by atoms with Crippen LogP contribution in [-0.2, 0) is 9.59 Å². The standard InChI is InChI=1S/C7H12N2O2/c1-9(2)4-5-3-6(10)8-7(5)11/h5H,3-4H2,1-2H3,(H,8,10,11). The van der Waals surface area contributed by atoms with Gasteiger partial charge in [0.1, 0.15) is 0 Å². The highest BCUT2D eigenvalue weighted by Crippen LogP contribution is 2.10. The molecule has 1 unspecified atom stereocenters. The first-order valence-corrected chi connectivity index (χ1v) is 3.58. The van der Waals surface area contributed by atoms with E-state index >= 15 is 0 Å². The minimum absolute atomic E-state index is 0.135. The highest BCUT2D eigenvalue weighted by Gasteiger charge is 2.30. The largest absolute Gasteiger partial charge is 0.309 e. The molecule has 0 bridgehead atoms. The molecule has 4 heteroatoms. The zero-order valence-electron chi connectivity index (χ0n) is 6.76. The molecular weight excluding hydrogens is 144 g/mol. The van der Waals surface area contributed by atoms with Crippen LogP contribution in [0.3, 0.4) is 0 Å². The second-order valence-electron chi connectivity index (χ2n) is 3.08. The van der Waals surface area contributed by atoms with Crippen LogP contribution in [0.2, 0.25) is 0 Å². The van der Waals surface area contributed by atoms with Crippen molar-refractivity contribution in [1.82, 2.24) is 10.2 Å². The molecule has 0 aromatic carbocycles. The number of imide groups is 1. The number of hydrogen-bond donors (Lipinski definition) is 1. The monoisotopic (exact) mass is 156 g/mol. The lowest BCUT2D eigenvalue weighted by Crippen LogP contribution is -2.28. The molecule has 1 atom stereocenters. The number of rotatable bonds is 2. The summed E-state index contributed by atoms with van der Waals surface area (Å²) in [5.41, 5.74) is 0. The van der Waals surface area contributed by atoms with Gasteiger partial charge in [-0.2, -0.15) is 0 Å². The van der Waals surface area contributed by atoms with E-state index in [1.807, 2.05) is 19.0 Å². The molecule has 1 heterocycles. The minimum atomic E-state index is -0.151. The van der Waals surface area contributed by atoms with E-state index in [1.165, 1.54) is 0 Å². The Bertz CT molecular complexity index is 189. The van der Waals surface area contributed by atoms with E-state index in [0.717, 1.165) is 0 Å². The van der Waals surface area contributed by atoms with Gasteiger partial charge in [0.15, 0.2) is 0 Å². The third-order valence-electron chi connectivity index (χ3n) is 1.65. The van der Waals surface area contributed by atoms with Crippen LogP contribution in [0.5, 0.6) is 0 Å². The summed E-state index contributed by atoms with van der Waals surface area (Å²) in [5.74, 6) is -0.428. The summed E-state index contributed by atoms with van der Waals surface area (Å²) in [6, 6.07) is 0. The number of carbonyl (C=O) groups is 2. The topological polar surface area (TPSA) is 49.4 Å². The SMILES string of the molecule is CN(C)CC1CC(=O)NC1=O. The van der Waals surface area contributed by atoms with Crippen molar-refractivity contribution >= 4 is 11.8 Å². The lowest BCUT2D eigenvalue weighted by Gasteiger charge is -2.11. The molecule has 1 aliphatic rings. The number of carbonyl (C=O) groups excluding carboxylic acids is 2. The first kappa shape index (κ1) is 8.20. The lowest BCUT2D eigenvalue weighted by molar-refractivity contribution is -0.125. The molecule has 1 fully saturated rings. The van der Waals surface area contributed by atoms with Crippen LogP contribution >= 0.6 is 0 Å². The van der Waals surface area contributed by atoms with E-state index in [9.17, 15) is 9.59 Å². The maximum absolute atomic E-state index is 11.0. The van der Waals surface area contributed by atoms with Crippen molar-refractivity contribution in [2.24, 2.45) is 5.92 Å². The first-order valence-electron chi connectivity index (χ1n) is 3.58. The quantitative estimate of drug-likeness (QED) is 0.533. The molecule has 1 rings (SSSR count). The average molecular weight is 156 g/mol. The summed E-state index contributed by atoms with van der Waals surface area (Å²) in [6.45, 7) is 0.650. The number of nitrogens with one attached hydrogen (secondary N) is 1. The van der Waals surface area contributed by atoms with E-state index < -0.39 is 0 Å². The third kappa shape index (κ3) is 2.01. The van der Waals surface area contributed by atoms with Crippen LogP contribution in [-0.4, -0.2) is 37.4 Å². The van der Waals surface area contributed by atoms with Crippen LogP contribution in [0.15, 0.2) is 0 Å². The second-order valence-corrected chi connectivity index (χ2v) is 3.08. The van der Waals surface area contributed by atoms with Gasteiger partial charge in [0.05, 0.1) is 5.92 Å². The molecule has 2 amide bonds. The Labute approximate surface area is 65.6 Å². The third-order valence-corrected chi connectivity index (χ3v) is 1.65. The summed E-state index contributed by atoms with van der Waals surface area (Å²) in [4.78, 5) is 23.6. The Morgan fingerprint density at radius 1 is 1.55 bits per heavy atom. The Kier molecular flexibility index (Phi) is 2.24. The molecular formula is C7H12N2O2. The van der Waals surface area contributed by atoms with E-state index in [0.29, 0.717) is 13.0 Å². The fraction of sp³-hybridized carbons (Fsp3) is 0.714. The minimum Gasteiger partial charge on any atom is -0.309 e. The molecule has 0 spiro atoms. The smallest absolute Gasteiger partial charge is 0.231 e. The van der Waals surface area contributed by atoms with Crippen molar-refractivity contribution in [3.63, 3.8) is 0 Å². The predicted molar refractivity (Wildman–Crippen MR) is 39.8 cm³/mol. The van der Waals surface area contributed by atoms with Crippen molar-refractivity contribution in [3.8, 4) is 0 Å². The molecule has 1 saturated heterocycles. The van der Waals surface area contributed by atoms with Crippen LogP contribution < -0.4 is 5.32 Å². The van der Waals surface area contributed by atoms with Gasteiger partial charge in [-0.1, -0.05) is 0 Å². The average Bonchev–Trinajstić information content (AvgIpc) is 2.09. The maximum atomic E-state index is 11.0. The molecule has 0 saturated carbocycles. The second kappa shape index (κ2) is 3.00. The normalized spacial score (nSPS) is 24.5. The van der Waals surface area contributed by atoms with Gasteiger partial charge < -0.3 is 4.90 Å². The highest BCUT2D eigenvalue weighted by atomic mass is 16.2. The summed E-state index contributed by atoms with van der Waals surface area (Å²) in [5, 5.41) is 2.27. The Balaban J connectivity index is 2.47. The summed E-state index contributed by atoms with van der Waals surface area (Å²) in [7, 11) is 3.77. The number of nitrogens with zero attached hydrogens (tertiary/aromatic N) is 1.